The van der Waals surface area contributed by atoms with E-state index < -0.39 is 0 Å². The summed E-state index contributed by atoms with van der Waals surface area (Å²) in [5.41, 5.74) is 2.31. The van der Waals surface area contributed by atoms with Crippen molar-refractivity contribution >= 4 is 16.9 Å². The molecule has 0 aliphatic carbocycles. The Balaban J connectivity index is 1.34. The third-order valence-corrected chi connectivity index (χ3v) is 6.99. The van der Waals surface area contributed by atoms with Crippen molar-refractivity contribution < 1.29 is 4.79 Å². The highest BCUT2D eigenvalue weighted by Crippen LogP contribution is 2.40. The number of aromatic amines is 1. The molecule has 3 fully saturated rings. The van der Waals surface area contributed by atoms with Gasteiger partial charge in [-0.25, -0.2) is 0 Å². The fourth-order valence-electron chi connectivity index (χ4n) is 5.88. The molecular weight excluding hydrogens is 338 g/mol. The van der Waals surface area contributed by atoms with E-state index >= 15 is 0 Å². The fraction of sp³-hybridized carbons (Fsp3) is 0.667. The quantitative estimate of drug-likeness (QED) is 0.905. The summed E-state index contributed by atoms with van der Waals surface area (Å²) < 4.78 is 0. The molecule has 6 heteroatoms. The summed E-state index contributed by atoms with van der Waals surface area (Å²) in [5, 5.41) is 10.8. The second-order valence-electron chi connectivity index (χ2n) is 8.74. The van der Waals surface area contributed by atoms with Gasteiger partial charge in [0, 0.05) is 37.3 Å². The molecule has 3 saturated heterocycles. The molecule has 3 aliphatic rings. The van der Waals surface area contributed by atoms with Crippen LogP contribution in [0.4, 0.5) is 0 Å². The molecule has 144 valence electrons. The first kappa shape index (κ1) is 17.2. The highest BCUT2D eigenvalue weighted by molar-refractivity contribution is 5.97. The van der Waals surface area contributed by atoms with Gasteiger partial charge in [-0.2, -0.15) is 15.4 Å². The maximum atomic E-state index is 13.2. The highest BCUT2D eigenvalue weighted by atomic mass is 16.2. The van der Waals surface area contributed by atoms with Crippen molar-refractivity contribution in [1.82, 2.24) is 25.2 Å². The van der Waals surface area contributed by atoms with Gasteiger partial charge < -0.3 is 4.90 Å². The first-order chi connectivity index (χ1) is 13.2. The number of hydrogen-bond acceptors (Lipinski definition) is 4. The second-order valence-corrected chi connectivity index (χ2v) is 8.74. The minimum absolute atomic E-state index is 0.156. The Bertz CT molecular complexity index is 831. The van der Waals surface area contributed by atoms with E-state index in [0.29, 0.717) is 17.9 Å². The van der Waals surface area contributed by atoms with Gasteiger partial charge in [-0.1, -0.05) is 19.8 Å². The van der Waals surface area contributed by atoms with Crippen LogP contribution in [0.5, 0.6) is 0 Å². The molecule has 0 radical (unpaired) electrons. The molecular formula is C21H29N5O. The second kappa shape index (κ2) is 6.89. The van der Waals surface area contributed by atoms with Crippen LogP contribution < -0.4 is 0 Å². The van der Waals surface area contributed by atoms with Gasteiger partial charge in [0.15, 0.2) is 0 Å². The number of nitrogens with one attached hydrogen (secondary N) is 1. The van der Waals surface area contributed by atoms with Crippen molar-refractivity contribution in [2.45, 2.75) is 57.5 Å². The zero-order chi connectivity index (χ0) is 18.4. The van der Waals surface area contributed by atoms with Crippen LogP contribution in [0.25, 0.3) is 11.0 Å². The van der Waals surface area contributed by atoms with Gasteiger partial charge in [0.2, 0.25) is 0 Å². The van der Waals surface area contributed by atoms with Gasteiger partial charge in [-0.15, -0.1) is 0 Å². The number of fused-ring (bicyclic) bond motifs is 5. The average molecular weight is 367 g/mol. The molecule has 0 saturated carbocycles. The van der Waals surface area contributed by atoms with Crippen LogP contribution in [0.3, 0.4) is 0 Å². The van der Waals surface area contributed by atoms with Crippen LogP contribution in [0.15, 0.2) is 18.2 Å². The summed E-state index contributed by atoms with van der Waals surface area (Å²) in [7, 11) is 0. The maximum absolute atomic E-state index is 13.2. The molecule has 4 heterocycles. The number of hydrogen-bond donors (Lipinski definition) is 1. The summed E-state index contributed by atoms with van der Waals surface area (Å²) in [6.07, 6.45) is 7.93. The van der Waals surface area contributed by atoms with Crippen molar-refractivity contribution in [1.29, 1.82) is 0 Å². The Labute approximate surface area is 160 Å². The molecule has 2 aromatic rings. The van der Waals surface area contributed by atoms with Crippen molar-refractivity contribution in [2.24, 2.45) is 11.8 Å². The fourth-order valence-corrected chi connectivity index (χ4v) is 5.88. The molecule has 1 aromatic heterocycles. The normalized spacial score (nSPS) is 31.1. The van der Waals surface area contributed by atoms with E-state index in [9.17, 15) is 4.79 Å². The Kier molecular flexibility index (Phi) is 4.38. The Hall–Kier alpha value is -1.95. The summed E-state index contributed by atoms with van der Waals surface area (Å²) >= 11 is 0. The van der Waals surface area contributed by atoms with Gasteiger partial charge in [0.05, 0.1) is 0 Å². The summed E-state index contributed by atoms with van der Waals surface area (Å²) in [6, 6.07) is 7.10. The van der Waals surface area contributed by atoms with E-state index in [1.165, 1.54) is 45.1 Å². The first-order valence-corrected chi connectivity index (χ1v) is 10.6. The van der Waals surface area contributed by atoms with Crippen LogP contribution in [0.1, 0.15) is 55.8 Å². The van der Waals surface area contributed by atoms with Crippen LogP contribution in [0, 0.1) is 11.8 Å². The minimum atomic E-state index is 0.156. The number of amides is 1. The maximum Gasteiger partial charge on any atom is 0.253 e. The number of benzene rings is 1. The summed E-state index contributed by atoms with van der Waals surface area (Å²) in [4.78, 5) is 18.1. The molecule has 2 bridgehead atoms. The average Bonchev–Trinajstić information content (AvgIpc) is 3.16. The van der Waals surface area contributed by atoms with Gasteiger partial charge in [-0.05, 0) is 55.7 Å². The molecule has 27 heavy (non-hydrogen) atoms. The lowest BCUT2D eigenvalue weighted by Crippen LogP contribution is -2.62. The van der Waals surface area contributed by atoms with E-state index in [1.807, 2.05) is 18.2 Å². The number of nitrogens with zero attached hydrogens (tertiary/aromatic N) is 4. The monoisotopic (exact) mass is 367 g/mol. The SMILES string of the molecule is CCC[C@H]1CCC[C@H]2[C@@H]3C[C@@H](CN(C(=O)c4ccc5n[nH]nc5c4)C3)CN12. The molecule has 1 amide bonds. The van der Waals surface area contributed by atoms with Crippen molar-refractivity contribution in [2.75, 3.05) is 19.6 Å². The third kappa shape index (κ3) is 3.04. The first-order valence-electron chi connectivity index (χ1n) is 10.6. The van der Waals surface area contributed by atoms with Gasteiger partial charge in [-0.3, -0.25) is 9.69 Å². The minimum Gasteiger partial charge on any atom is -0.338 e. The lowest BCUT2D eigenvalue weighted by atomic mass is 9.74. The number of piperidine rings is 3. The van der Waals surface area contributed by atoms with E-state index in [2.05, 4.69) is 32.1 Å². The summed E-state index contributed by atoms with van der Waals surface area (Å²) in [5.74, 6) is 1.41. The van der Waals surface area contributed by atoms with Crippen LogP contribution >= 0.6 is 0 Å². The topological polar surface area (TPSA) is 65.1 Å². The standard InChI is InChI=1S/C21H29N5O/c1-2-4-17-5-3-6-20-16-9-14(12-26(17)20)11-25(13-16)21(27)15-7-8-18-19(10-15)23-24-22-18/h7-8,10,14,16-17,20H,2-6,9,11-13H2,1H3,(H,22,23,24)/t14-,16+,17-,20-/m0/s1. The molecule has 0 spiro atoms. The lowest BCUT2D eigenvalue weighted by molar-refractivity contribution is -0.0518. The number of aromatic nitrogens is 3. The molecule has 1 aromatic carbocycles. The van der Waals surface area contributed by atoms with Crippen LogP contribution in [0.2, 0.25) is 0 Å². The Morgan fingerprint density at radius 1 is 1.19 bits per heavy atom. The number of carbonyl (C=O) groups excluding carboxylic acids is 1. The molecule has 3 aliphatic heterocycles. The van der Waals surface area contributed by atoms with Crippen LogP contribution in [-0.4, -0.2) is 62.8 Å². The number of rotatable bonds is 3. The third-order valence-electron chi connectivity index (χ3n) is 6.99. The van der Waals surface area contributed by atoms with E-state index in [4.69, 9.17) is 0 Å². The Morgan fingerprint density at radius 2 is 2.07 bits per heavy atom. The molecule has 5 rings (SSSR count). The van der Waals surface area contributed by atoms with Gasteiger partial charge in [0.25, 0.3) is 5.91 Å². The van der Waals surface area contributed by atoms with Crippen molar-refractivity contribution in [3.63, 3.8) is 0 Å². The zero-order valence-electron chi connectivity index (χ0n) is 16.1. The number of carbonyl (C=O) groups is 1. The van der Waals surface area contributed by atoms with Crippen molar-refractivity contribution in [3.8, 4) is 0 Å². The van der Waals surface area contributed by atoms with Gasteiger partial charge in [0.1, 0.15) is 11.0 Å². The van der Waals surface area contributed by atoms with Crippen molar-refractivity contribution in [3.05, 3.63) is 23.8 Å². The molecule has 4 atom stereocenters. The van der Waals surface area contributed by atoms with Crippen LogP contribution in [-0.2, 0) is 0 Å². The number of H-pyrrole nitrogens is 1. The van der Waals surface area contributed by atoms with Gasteiger partial charge >= 0.3 is 0 Å². The van der Waals surface area contributed by atoms with E-state index in [1.54, 1.807) is 0 Å². The predicted octanol–water partition coefficient (Wildman–Crippen LogP) is 3.07. The zero-order valence-corrected chi connectivity index (χ0v) is 16.1. The summed E-state index contributed by atoms with van der Waals surface area (Å²) in [6.45, 7) is 5.29. The molecule has 6 nitrogen and oxygen atoms in total. The van der Waals surface area contributed by atoms with E-state index in [-0.39, 0.29) is 5.91 Å². The highest BCUT2D eigenvalue weighted by Gasteiger charge is 2.45. The Morgan fingerprint density at radius 3 is 2.96 bits per heavy atom. The molecule has 1 N–H and O–H groups in total. The smallest absolute Gasteiger partial charge is 0.253 e. The predicted molar refractivity (Wildman–Crippen MR) is 104 cm³/mol. The largest absolute Gasteiger partial charge is 0.338 e. The lowest BCUT2D eigenvalue weighted by Gasteiger charge is -2.55. The van der Waals surface area contributed by atoms with E-state index in [0.717, 1.165) is 35.7 Å². The molecule has 0 unspecified atom stereocenters. The number of likely N-dealkylation sites (tertiary alicyclic amines) is 1.